The molecule has 7 nitrogen and oxygen atoms in total. The Morgan fingerprint density at radius 1 is 0.295 bits per heavy atom. The van der Waals surface area contributed by atoms with Crippen molar-refractivity contribution in [2.45, 2.75) is 235 Å². The molecule has 1 aliphatic carbocycles. The lowest BCUT2D eigenvalue weighted by molar-refractivity contribution is -0.467. The van der Waals surface area contributed by atoms with E-state index in [9.17, 15) is 35.7 Å². The highest BCUT2D eigenvalue weighted by atomic mass is 16.7. The van der Waals surface area contributed by atoms with Crippen molar-refractivity contribution in [2.24, 2.45) is 0 Å². The van der Waals surface area contributed by atoms with Crippen LogP contribution < -0.4 is 0 Å². The number of hydrogen-bond acceptors (Lipinski definition) is 7. The normalized spacial score (nSPS) is 27.5. The van der Waals surface area contributed by atoms with Gasteiger partial charge in [0.15, 0.2) is 0 Å². The standard InChI is InChI=1S/C37H74O7/c38-34-32-30-28-26-24-22-20-18-16-14-12-10-8-6-4-2-1-3-5-7-9-11-13-15-17-19-21-23-25-27-29-31-33-35(39,40)37(43,44)36(34,41)42/h34,38-44H,1-33H2. The molecule has 1 unspecified atom stereocenters. The van der Waals surface area contributed by atoms with Gasteiger partial charge in [-0.25, -0.2) is 0 Å². The first-order valence-corrected chi connectivity index (χ1v) is 19.2. The molecule has 1 atom stereocenters. The van der Waals surface area contributed by atoms with Crippen molar-refractivity contribution < 1.29 is 35.7 Å². The summed E-state index contributed by atoms with van der Waals surface area (Å²) < 4.78 is 0. The van der Waals surface area contributed by atoms with Crippen molar-refractivity contribution in [2.75, 3.05) is 0 Å². The van der Waals surface area contributed by atoms with Crippen LogP contribution in [0.4, 0.5) is 0 Å². The first kappa shape index (κ1) is 41.7. The predicted molar refractivity (Wildman–Crippen MR) is 180 cm³/mol. The predicted octanol–water partition coefficient (Wildman–Crippen LogP) is 8.28. The van der Waals surface area contributed by atoms with Gasteiger partial charge >= 0.3 is 0 Å². The number of rotatable bonds is 0. The Morgan fingerprint density at radius 2 is 0.500 bits per heavy atom. The van der Waals surface area contributed by atoms with Crippen LogP contribution >= 0.6 is 0 Å². The fraction of sp³-hybridized carbons (Fsp3) is 1.00. The molecule has 0 aromatic carbocycles. The van der Waals surface area contributed by atoms with Crippen molar-refractivity contribution in [1.29, 1.82) is 0 Å². The number of hydrogen-bond donors (Lipinski definition) is 7. The van der Waals surface area contributed by atoms with Gasteiger partial charge in [-0.2, -0.15) is 0 Å². The van der Waals surface area contributed by atoms with Crippen LogP contribution in [0.5, 0.6) is 0 Å². The smallest absolute Gasteiger partial charge is 0.276 e. The van der Waals surface area contributed by atoms with Crippen molar-refractivity contribution in [3.8, 4) is 0 Å². The molecule has 264 valence electrons. The van der Waals surface area contributed by atoms with E-state index in [4.69, 9.17) is 0 Å². The molecule has 0 radical (unpaired) electrons. The minimum Gasteiger partial charge on any atom is -0.387 e. The minimum atomic E-state index is -3.69. The van der Waals surface area contributed by atoms with E-state index in [1.807, 2.05) is 0 Å². The molecule has 7 heteroatoms. The third-order valence-electron chi connectivity index (χ3n) is 10.0. The van der Waals surface area contributed by atoms with Gasteiger partial charge in [-0.1, -0.05) is 193 Å². The molecule has 44 heavy (non-hydrogen) atoms. The largest absolute Gasteiger partial charge is 0.387 e. The minimum absolute atomic E-state index is 0.0774. The summed E-state index contributed by atoms with van der Waals surface area (Å²) in [6.07, 6.45) is 34.4. The van der Waals surface area contributed by atoms with E-state index < -0.39 is 29.9 Å². The van der Waals surface area contributed by atoms with Crippen LogP contribution in [0.2, 0.25) is 0 Å². The van der Waals surface area contributed by atoms with E-state index in [0.717, 1.165) is 38.5 Å². The van der Waals surface area contributed by atoms with Crippen molar-refractivity contribution in [3.05, 3.63) is 0 Å². The summed E-state index contributed by atoms with van der Waals surface area (Å²) in [5.41, 5.74) is 0. The highest BCUT2D eigenvalue weighted by Gasteiger charge is 2.63. The summed E-state index contributed by atoms with van der Waals surface area (Å²) in [5.74, 6) is -10.3. The van der Waals surface area contributed by atoms with Gasteiger partial charge in [-0.15, -0.1) is 0 Å². The molecule has 0 aromatic heterocycles. The molecule has 0 saturated heterocycles. The molecule has 0 amide bonds. The molecule has 0 bridgehead atoms. The quantitative estimate of drug-likeness (QED) is 0.134. The molecule has 1 rings (SSSR count). The third-order valence-corrected chi connectivity index (χ3v) is 10.0. The van der Waals surface area contributed by atoms with Crippen LogP contribution in [0, 0.1) is 0 Å². The second-order valence-corrected chi connectivity index (χ2v) is 14.2. The van der Waals surface area contributed by atoms with Crippen LogP contribution in [-0.4, -0.2) is 59.2 Å². The maximum absolute atomic E-state index is 10.4. The van der Waals surface area contributed by atoms with Gasteiger partial charge in [-0.05, 0) is 12.8 Å². The van der Waals surface area contributed by atoms with Crippen molar-refractivity contribution >= 4 is 0 Å². The molecule has 1 aliphatic rings. The molecular weight excluding hydrogens is 556 g/mol. The van der Waals surface area contributed by atoms with Gasteiger partial charge in [-0.3, -0.25) is 0 Å². The van der Waals surface area contributed by atoms with Gasteiger partial charge in [0, 0.05) is 6.42 Å². The molecule has 7 N–H and O–H groups in total. The lowest BCUT2D eigenvalue weighted by atomic mass is 9.86. The van der Waals surface area contributed by atoms with Gasteiger partial charge in [0.2, 0.25) is 5.79 Å². The molecule has 0 aliphatic heterocycles. The van der Waals surface area contributed by atoms with E-state index in [0.29, 0.717) is 19.3 Å². The molecule has 0 aromatic rings. The highest BCUT2D eigenvalue weighted by Crippen LogP contribution is 2.35. The Bertz CT molecular complexity index is 637. The van der Waals surface area contributed by atoms with E-state index in [-0.39, 0.29) is 6.42 Å². The summed E-state index contributed by atoms with van der Waals surface area (Å²) in [4.78, 5) is 0. The first-order valence-electron chi connectivity index (χ1n) is 19.2. The summed E-state index contributed by atoms with van der Waals surface area (Å²) in [7, 11) is 0. The number of aliphatic hydroxyl groups excluding tert-OH is 1. The average Bonchev–Trinajstić information content (AvgIpc) is 2.98. The summed E-state index contributed by atoms with van der Waals surface area (Å²) in [6.45, 7) is 0. The summed E-state index contributed by atoms with van der Waals surface area (Å²) in [6, 6.07) is 0. The highest BCUT2D eigenvalue weighted by molar-refractivity contribution is 4.97. The summed E-state index contributed by atoms with van der Waals surface area (Å²) in [5, 5.41) is 72.5. The van der Waals surface area contributed by atoms with Gasteiger partial charge in [0.25, 0.3) is 11.6 Å². The van der Waals surface area contributed by atoms with E-state index in [2.05, 4.69) is 0 Å². The second-order valence-electron chi connectivity index (χ2n) is 14.2. The Hall–Kier alpha value is -0.280. The Balaban J connectivity index is 2.39. The van der Waals surface area contributed by atoms with Crippen LogP contribution in [0.3, 0.4) is 0 Å². The van der Waals surface area contributed by atoms with Crippen LogP contribution in [-0.2, 0) is 0 Å². The van der Waals surface area contributed by atoms with E-state index in [1.165, 1.54) is 141 Å². The lowest BCUT2D eigenvalue weighted by Crippen LogP contribution is -2.72. The van der Waals surface area contributed by atoms with E-state index in [1.54, 1.807) is 0 Å². The molecule has 0 spiro atoms. The SMILES string of the molecule is OC1CCCCCCCCCCCCCCCCCCCCCCCCCCCCCCCCCC(O)(O)C(O)(O)C1(O)O. The topological polar surface area (TPSA) is 142 Å². The van der Waals surface area contributed by atoms with Crippen LogP contribution in [0.15, 0.2) is 0 Å². The maximum Gasteiger partial charge on any atom is 0.276 e. The zero-order chi connectivity index (χ0) is 32.4. The Morgan fingerprint density at radius 3 is 0.750 bits per heavy atom. The van der Waals surface area contributed by atoms with Gasteiger partial charge in [0.1, 0.15) is 6.10 Å². The first-order chi connectivity index (χ1) is 21.1. The van der Waals surface area contributed by atoms with Gasteiger partial charge < -0.3 is 35.7 Å². The van der Waals surface area contributed by atoms with Crippen LogP contribution in [0.25, 0.3) is 0 Å². The maximum atomic E-state index is 10.4. The zero-order valence-corrected chi connectivity index (χ0v) is 28.5. The lowest BCUT2D eigenvalue weighted by Gasteiger charge is -2.44. The second kappa shape index (κ2) is 25.8. The fourth-order valence-corrected chi connectivity index (χ4v) is 6.74. The summed E-state index contributed by atoms with van der Waals surface area (Å²) >= 11 is 0. The van der Waals surface area contributed by atoms with Gasteiger partial charge in [0.05, 0.1) is 0 Å². The third kappa shape index (κ3) is 18.8. The monoisotopic (exact) mass is 631 g/mol. The Labute approximate surface area is 270 Å². The van der Waals surface area contributed by atoms with Crippen LogP contribution in [0.1, 0.15) is 212 Å². The molecular formula is C37H74O7. The molecule has 0 heterocycles. The van der Waals surface area contributed by atoms with E-state index >= 15 is 0 Å². The zero-order valence-electron chi connectivity index (χ0n) is 28.5. The Kier molecular flexibility index (Phi) is 24.4. The molecule has 1 saturated carbocycles. The van der Waals surface area contributed by atoms with Crippen molar-refractivity contribution in [1.82, 2.24) is 0 Å². The fourth-order valence-electron chi connectivity index (χ4n) is 6.74. The number of aliphatic hydroxyl groups is 7. The molecule has 1 fully saturated rings. The average molecular weight is 631 g/mol. The van der Waals surface area contributed by atoms with Crippen molar-refractivity contribution in [3.63, 3.8) is 0 Å².